The molecular formula is C24H28N6O3. The number of benzene rings is 1. The van der Waals surface area contributed by atoms with E-state index in [1.165, 1.54) is 0 Å². The lowest BCUT2D eigenvalue weighted by Gasteiger charge is -2.28. The first-order valence-electron chi connectivity index (χ1n) is 11.3. The summed E-state index contributed by atoms with van der Waals surface area (Å²) in [7, 11) is 3.47. The highest BCUT2D eigenvalue weighted by molar-refractivity contribution is 5.92. The number of hydrogen-bond donors (Lipinski definition) is 1. The van der Waals surface area contributed by atoms with Gasteiger partial charge in [0.05, 0.1) is 18.4 Å². The number of carbonyl (C=O) groups is 1. The Morgan fingerprint density at radius 3 is 2.88 bits per heavy atom. The number of aromatic nitrogens is 4. The average molecular weight is 449 g/mol. The van der Waals surface area contributed by atoms with Crippen LogP contribution in [-0.4, -0.2) is 62.2 Å². The van der Waals surface area contributed by atoms with Crippen molar-refractivity contribution in [3.8, 4) is 5.75 Å². The monoisotopic (exact) mass is 448 g/mol. The molecule has 0 saturated carbocycles. The normalized spacial score (nSPS) is 18.4. The van der Waals surface area contributed by atoms with Crippen molar-refractivity contribution in [1.29, 1.82) is 0 Å². The Kier molecular flexibility index (Phi) is 5.72. The molecule has 9 nitrogen and oxygen atoms in total. The second-order valence-corrected chi connectivity index (χ2v) is 8.76. The van der Waals surface area contributed by atoms with E-state index in [0.29, 0.717) is 31.2 Å². The summed E-state index contributed by atoms with van der Waals surface area (Å²) in [6, 6.07) is 9.69. The summed E-state index contributed by atoms with van der Waals surface area (Å²) in [5, 5.41) is 4.21. The van der Waals surface area contributed by atoms with E-state index in [0.717, 1.165) is 48.5 Å². The van der Waals surface area contributed by atoms with Gasteiger partial charge < -0.3 is 14.6 Å². The van der Waals surface area contributed by atoms with Gasteiger partial charge in [-0.25, -0.2) is 4.98 Å². The molecule has 5 rings (SSSR count). The molecule has 1 amide bonds. The molecule has 4 heterocycles. The Labute approximate surface area is 192 Å². The maximum Gasteiger partial charge on any atom is 0.274 e. The van der Waals surface area contributed by atoms with E-state index in [1.807, 2.05) is 18.2 Å². The van der Waals surface area contributed by atoms with Crippen LogP contribution in [0.25, 0.3) is 0 Å². The topological polar surface area (TPSA) is 96.3 Å². The van der Waals surface area contributed by atoms with E-state index in [9.17, 15) is 9.59 Å². The molecule has 172 valence electrons. The summed E-state index contributed by atoms with van der Waals surface area (Å²) in [4.78, 5) is 37.6. The molecule has 0 bridgehead atoms. The van der Waals surface area contributed by atoms with Crippen molar-refractivity contribution in [3.05, 3.63) is 75.2 Å². The number of para-hydroxylation sites is 1. The molecule has 3 aromatic rings. The minimum atomic E-state index is -0.0783. The number of hydrogen-bond acceptors (Lipinski definition) is 6. The number of carbonyl (C=O) groups excluding carboxylic acids is 1. The zero-order valence-electron chi connectivity index (χ0n) is 19.0. The SMILES string of the molecule is COc1ccccc1CN1CCc2nc([C@@H]3CCN(C(=O)c4ccn(C)n4)C3)[nH]c(=O)c2C1. The Morgan fingerprint density at radius 2 is 2.09 bits per heavy atom. The Morgan fingerprint density at radius 1 is 1.24 bits per heavy atom. The third-order valence-electron chi connectivity index (χ3n) is 6.55. The number of fused-ring (bicyclic) bond motifs is 1. The minimum absolute atomic E-state index is 0.0299. The van der Waals surface area contributed by atoms with Crippen molar-refractivity contribution in [2.75, 3.05) is 26.7 Å². The van der Waals surface area contributed by atoms with E-state index in [2.05, 4.69) is 21.0 Å². The van der Waals surface area contributed by atoms with E-state index >= 15 is 0 Å². The third-order valence-corrected chi connectivity index (χ3v) is 6.55. The van der Waals surface area contributed by atoms with Crippen LogP contribution in [0.2, 0.25) is 0 Å². The number of nitrogens with zero attached hydrogens (tertiary/aromatic N) is 5. The maximum atomic E-state index is 13.0. The molecule has 2 aliphatic rings. The van der Waals surface area contributed by atoms with Crippen LogP contribution in [0.1, 0.15) is 45.5 Å². The molecule has 2 aromatic heterocycles. The van der Waals surface area contributed by atoms with Crippen LogP contribution in [0, 0.1) is 0 Å². The van der Waals surface area contributed by atoms with Gasteiger partial charge in [-0.15, -0.1) is 0 Å². The number of aromatic amines is 1. The molecule has 9 heteroatoms. The molecule has 1 saturated heterocycles. The van der Waals surface area contributed by atoms with Crippen molar-refractivity contribution in [3.63, 3.8) is 0 Å². The van der Waals surface area contributed by atoms with Crippen LogP contribution in [0.15, 0.2) is 41.3 Å². The van der Waals surface area contributed by atoms with E-state index in [4.69, 9.17) is 9.72 Å². The number of aryl methyl sites for hydroxylation is 1. The van der Waals surface area contributed by atoms with Crippen LogP contribution in [0.5, 0.6) is 5.75 Å². The fourth-order valence-electron chi connectivity index (χ4n) is 4.76. The van der Waals surface area contributed by atoms with Crippen molar-refractivity contribution in [2.45, 2.75) is 31.8 Å². The summed E-state index contributed by atoms with van der Waals surface area (Å²) in [6.45, 7) is 3.28. The summed E-state index contributed by atoms with van der Waals surface area (Å²) in [6.07, 6.45) is 3.27. The molecule has 1 N–H and O–H groups in total. The molecule has 2 aliphatic heterocycles. The summed E-state index contributed by atoms with van der Waals surface area (Å²) < 4.78 is 7.09. The highest BCUT2D eigenvalue weighted by Crippen LogP contribution is 2.27. The molecule has 1 aromatic carbocycles. The number of amides is 1. The van der Waals surface area contributed by atoms with Gasteiger partial charge in [-0.2, -0.15) is 5.10 Å². The van der Waals surface area contributed by atoms with Crippen LogP contribution < -0.4 is 10.3 Å². The molecular weight excluding hydrogens is 420 g/mol. The summed E-state index contributed by atoms with van der Waals surface area (Å²) in [5.74, 6) is 1.50. The van der Waals surface area contributed by atoms with Crippen LogP contribution in [0.3, 0.4) is 0 Å². The predicted molar refractivity (Wildman–Crippen MR) is 122 cm³/mol. The van der Waals surface area contributed by atoms with Gasteiger partial charge in [0.2, 0.25) is 0 Å². The molecule has 0 aliphatic carbocycles. The van der Waals surface area contributed by atoms with Crippen LogP contribution in [-0.2, 0) is 26.6 Å². The van der Waals surface area contributed by atoms with Gasteiger partial charge in [0.25, 0.3) is 11.5 Å². The minimum Gasteiger partial charge on any atom is -0.496 e. The zero-order chi connectivity index (χ0) is 22.9. The number of nitrogens with one attached hydrogen (secondary N) is 1. The largest absolute Gasteiger partial charge is 0.496 e. The maximum absolute atomic E-state index is 13.0. The highest BCUT2D eigenvalue weighted by atomic mass is 16.5. The second-order valence-electron chi connectivity index (χ2n) is 8.76. The number of ether oxygens (including phenoxy) is 1. The van der Waals surface area contributed by atoms with E-state index in [1.54, 1.807) is 36.0 Å². The molecule has 0 radical (unpaired) electrons. The van der Waals surface area contributed by atoms with E-state index in [-0.39, 0.29) is 17.4 Å². The Hall–Kier alpha value is -3.46. The quantitative estimate of drug-likeness (QED) is 0.638. The number of H-pyrrole nitrogens is 1. The lowest BCUT2D eigenvalue weighted by atomic mass is 10.0. The standard InChI is InChI=1S/C24H28N6O3/c1-28-10-8-20(27-28)24(32)30-12-7-17(14-30)22-25-19-9-11-29(15-18(19)23(31)26-22)13-16-5-3-4-6-21(16)33-2/h3-6,8,10,17H,7,9,11-15H2,1-2H3,(H,25,26,31)/t17-/m1/s1. The fourth-order valence-corrected chi connectivity index (χ4v) is 4.76. The van der Waals surface area contributed by atoms with Crippen molar-refractivity contribution < 1.29 is 9.53 Å². The first kappa shape index (κ1) is 21.4. The Bertz CT molecular complexity index is 1230. The molecule has 0 unspecified atom stereocenters. The highest BCUT2D eigenvalue weighted by Gasteiger charge is 2.32. The lowest BCUT2D eigenvalue weighted by molar-refractivity contribution is 0.0784. The Balaban J connectivity index is 1.29. The van der Waals surface area contributed by atoms with Crippen LogP contribution in [0.4, 0.5) is 0 Å². The van der Waals surface area contributed by atoms with Gasteiger partial charge in [0.1, 0.15) is 17.3 Å². The molecule has 1 fully saturated rings. The molecule has 0 spiro atoms. The fraction of sp³-hybridized carbons (Fsp3) is 0.417. The number of rotatable bonds is 5. The van der Waals surface area contributed by atoms with Crippen molar-refractivity contribution in [1.82, 2.24) is 29.5 Å². The van der Waals surface area contributed by atoms with Gasteiger partial charge in [0, 0.05) is 63.9 Å². The second kappa shape index (κ2) is 8.82. The van der Waals surface area contributed by atoms with Crippen LogP contribution >= 0.6 is 0 Å². The molecule has 33 heavy (non-hydrogen) atoms. The summed E-state index contributed by atoms with van der Waals surface area (Å²) in [5.41, 5.74) is 3.08. The number of methoxy groups -OCH3 is 1. The first-order chi connectivity index (χ1) is 16.0. The third kappa shape index (κ3) is 4.28. The van der Waals surface area contributed by atoms with Gasteiger partial charge in [-0.05, 0) is 18.6 Å². The predicted octanol–water partition coefficient (Wildman–Crippen LogP) is 1.70. The van der Waals surface area contributed by atoms with Gasteiger partial charge in [0.15, 0.2) is 0 Å². The summed E-state index contributed by atoms with van der Waals surface area (Å²) >= 11 is 0. The smallest absolute Gasteiger partial charge is 0.274 e. The zero-order valence-corrected chi connectivity index (χ0v) is 19.0. The van der Waals surface area contributed by atoms with Crippen molar-refractivity contribution >= 4 is 5.91 Å². The number of likely N-dealkylation sites (tertiary alicyclic amines) is 1. The van der Waals surface area contributed by atoms with E-state index < -0.39 is 0 Å². The van der Waals surface area contributed by atoms with Gasteiger partial charge in [-0.1, -0.05) is 18.2 Å². The van der Waals surface area contributed by atoms with Gasteiger partial charge in [-0.3, -0.25) is 19.2 Å². The average Bonchev–Trinajstić information content (AvgIpc) is 3.49. The first-order valence-corrected chi connectivity index (χ1v) is 11.3. The van der Waals surface area contributed by atoms with Gasteiger partial charge >= 0.3 is 0 Å². The molecule has 1 atom stereocenters. The van der Waals surface area contributed by atoms with Crippen molar-refractivity contribution in [2.24, 2.45) is 7.05 Å². The lowest BCUT2D eigenvalue weighted by Crippen LogP contribution is -2.36.